The molecule has 2 aromatic carbocycles. The zero-order chi connectivity index (χ0) is 21.3. The molecular formula is C24H29AsClNO3. The molecule has 0 amide bonds. The number of fused-ring (bicyclic) bond motifs is 2. The van der Waals surface area contributed by atoms with Gasteiger partial charge in [-0.1, -0.05) is 0 Å². The van der Waals surface area contributed by atoms with E-state index in [1.807, 2.05) is 24.3 Å². The Kier molecular flexibility index (Phi) is 6.48. The second-order valence-corrected chi connectivity index (χ2v) is 11.1. The minimum atomic E-state index is -0.210. The number of halogens is 1. The summed E-state index contributed by atoms with van der Waals surface area (Å²) in [5.41, 5.74) is 2.41. The molecule has 1 saturated carbocycles. The van der Waals surface area contributed by atoms with Crippen LogP contribution in [0.5, 0.6) is 5.75 Å². The molecule has 1 aliphatic carbocycles. The minimum absolute atomic E-state index is 0.0907. The summed E-state index contributed by atoms with van der Waals surface area (Å²) in [5.74, 6) is 1.61. The molecule has 1 N–H and O–H groups in total. The summed E-state index contributed by atoms with van der Waals surface area (Å²) in [5, 5.41) is 4.65. The van der Waals surface area contributed by atoms with Gasteiger partial charge in [0.25, 0.3) is 0 Å². The molecule has 0 spiro atoms. The molecule has 2 bridgehead atoms. The molecule has 30 heavy (non-hydrogen) atoms. The molecule has 1 saturated heterocycles. The molecule has 6 unspecified atom stereocenters. The van der Waals surface area contributed by atoms with E-state index in [9.17, 15) is 4.79 Å². The van der Waals surface area contributed by atoms with Gasteiger partial charge in [-0.3, -0.25) is 0 Å². The van der Waals surface area contributed by atoms with E-state index in [-0.39, 0.29) is 22.3 Å². The van der Waals surface area contributed by atoms with Crippen molar-refractivity contribution < 1.29 is 14.3 Å². The number of nitrogens with one attached hydrogen (secondary N) is 1. The molecular weight excluding hydrogens is 461 g/mol. The summed E-state index contributed by atoms with van der Waals surface area (Å²) < 4.78 is 10.6. The van der Waals surface area contributed by atoms with Gasteiger partial charge in [0.1, 0.15) is 0 Å². The van der Waals surface area contributed by atoms with Gasteiger partial charge in [-0.15, -0.1) is 0 Å². The Morgan fingerprint density at radius 3 is 2.67 bits per heavy atom. The topological polar surface area (TPSA) is 47.6 Å². The van der Waals surface area contributed by atoms with Gasteiger partial charge in [-0.25, -0.2) is 0 Å². The number of carbonyl (C=O) groups is 1. The zero-order valence-corrected chi connectivity index (χ0v) is 20.6. The normalized spacial score (nSPS) is 30.5. The molecule has 0 radical (unpaired) electrons. The Hall–Kier alpha value is -1.48. The van der Waals surface area contributed by atoms with Crippen molar-refractivity contribution in [1.82, 2.24) is 5.32 Å². The summed E-state index contributed by atoms with van der Waals surface area (Å²) in [6.07, 6.45) is 3.77. The van der Waals surface area contributed by atoms with E-state index in [4.69, 9.17) is 21.1 Å². The van der Waals surface area contributed by atoms with Crippen molar-refractivity contribution in [2.75, 3.05) is 14.2 Å². The van der Waals surface area contributed by atoms with Crippen molar-refractivity contribution in [1.29, 1.82) is 0 Å². The van der Waals surface area contributed by atoms with Crippen LogP contribution in [-0.4, -0.2) is 41.4 Å². The van der Waals surface area contributed by atoms with Crippen LogP contribution in [-0.2, 0) is 16.0 Å². The van der Waals surface area contributed by atoms with Gasteiger partial charge in [-0.05, 0) is 0 Å². The predicted octanol–water partition coefficient (Wildman–Crippen LogP) is 3.77. The van der Waals surface area contributed by atoms with Crippen LogP contribution in [0.3, 0.4) is 0 Å². The average molecular weight is 490 g/mol. The first-order chi connectivity index (χ1) is 14.4. The number of hydrogen-bond acceptors (Lipinski definition) is 4. The fraction of sp³-hybridized carbons (Fsp3) is 0.458. The quantitative estimate of drug-likeness (QED) is 0.513. The van der Waals surface area contributed by atoms with Gasteiger partial charge in [0.05, 0.1) is 0 Å². The van der Waals surface area contributed by atoms with Crippen molar-refractivity contribution >= 4 is 34.4 Å². The summed E-state index contributed by atoms with van der Waals surface area (Å²) in [4.78, 5) is 12.5. The van der Waals surface area contributed by atoms with Crippen LogP contribution >= 0.6 is 11.6 Å². The van der Waals surface area contributed by atoms with Gasteiger partial charge in [0.2, 0.25) is 0 Å². The molecule has 1 aliphatic heterocycles. The molecule has 2 aromatic rings. The van der Waals surface area contributed by atoms with E-state index in [2.05, 4.69) is 29.6 Å². The molecule has 0 aromatic heterocycles. The number of rotatable bonds is 5. The van der Waals surface area contributed by atoms with Gasteiger partial charge < -0.3 is 0 Å². The summed E-state index contributed by atoms with van der Waals surface area (Å²) in [6.45, 7) is 0. The molecule has 2 fully saturated rings. The summed E-state index contributed by atoms with van der Waals surface area (Å²) >= 11 is 7.93. The van der Waals surface area contributed by atoms with Crippen LogP contribution in [0, 0.1) is 17.8 Å². The Bertz CT molecular complexity index is 909. The number of esters is 1. The van der Waals surface area contributed by atoms with E-state index >= 15 is 0 Å². The van der Waals surface area contributed by atoms with E-state index in [0.29, 0.717) is 11.8 Å². The standard InChI is InChI=1S/C24H29AsClNO3/c1-29-21-11-9-18(26)12-17(21)13-19-16-8-10-20(23(28)30-2)24(25,14-16)27-22(19)15-6-4-3-5-7-15/h3-7,9,11-12,16,19-20,22,27H,8,10,13-14,25H2,1-2H3. The molecule has 6 heteroatoms. The molecule has 4 rings (SSSR count). The maximum absolute atomic E-state index is 12.5. The third-order valence-corrected chi connectivity index (χ3v) is 8.77. The van der Waals surface area contributed by atoms with Gasteiger partial charge in [0, 0.05) is 0 Å². The average Bonchev–Trinajstić information content (AvgIpc) is 2.75. The van der Waals surface area contributed by atoms with Crippen molar-refractivity contribution in [2.24, 2.45) is 17.8 Å². The van der Waals surface area contributed by atoms with Crippen molar-refractivity contribution in [3.63, 3.8) is 0 Å². The zero-order valence-electron chi connectivity index (χ0n) is 17.4. The van der Waals surface area contributed by atoms with Crippen LogP contribution in [0.2, 0.25) is 5.02 Å². The molecule has 2 aliphatic rings. The Balaban J connectivity index is 1.71. The number of carbonyl (C=O) groups excluding carboxylic acids is 1. The monoisotopic (exact) mass is 489 g/mol. The molecule has 4 nitrogen and oxygen atoms in total. The SMILES string of the molecule is COC(=O)C1CCC2CC1([AsH2])NC(c1ccccc1)C2Cc1cc(Cl)ccc1OC. The molecule has 1 heterocycles. The van der Waals surface area contributed by atoms with Crippen LogP contribution < -0.4 is 10.1 Å². The Morgan fingerprint density at radius 2 is 1.97 bits per heavy atom. The number of hydrogen-bond donors (Lipinski definition) is 1. The third kappa shape index (κ3) is 4.15. The first kappa shape index (κ1) is 21.7. The number of methoxy groups -OCH3 is 2. The van der Waals surface area contributed by atoms with Gasteiger partial charge in [-0.2, -0.15) is 0 Å². The van der Waals surface area contributed by atoms with Gasteiger partial charge in [0.15, 0.2) is 0 Å². The second kappa shape index (κ2) is 8.94. The fourth-order valence-corrected chi connectivity index (χ4v) is 7.26. The third-order valence-electron chi connectivity index (χ3n) is 6.85. The number of benzene rings is 2. The number of ether oxygens (including phenoxy) is 2. The fourth-order valence-electron chi connectivity index (χ4n) is 5.42. The Morgan fingerprint density at radius 1 is 1.20 bits per heavy atom. The number of piperidine rings is 1. The van der Waals surface area contributed by atoms with Crippen LogP contribution in [0.15, 0.2) is 48.5 Å². The molecule has 160 valence electrons. The summed E-state index contributed by atoms with van der Waals surface area (Å²) in [7, 11) is 3.21. The van der Waals surface area contributed by atoms with Crippen molar-refractivity contribution in [3.05, 3.63) is 64.7 Å². The van der Waals surface area contributed by atoms with Crippen LogP contribution in [0.25, 0.3) is 0 Å². The van der Waals surface area contributed by atoms with Crippen molar-refractivity contribution in [2.45, 2.75) is 36.1 Å². The first-order valence-corrected chi connectivity index (χ1v) is 12.1. The second-order valence-electron chi connectivity index (χ2n) is 8.51. The Labute approximate surface area is 192 Å². The summed E-state index contributed by atoms with van der Waals surface area (Å²) in [6, 6.07) is 16.6. The first-order valence-electron chi connectivity index (χ1n) is 10.5. The van der Waals surface area contributed by atoms with E-state index in [0.717, 1.165) is 42.0 Å². The van der Waals surface area contributed by atoms with E-state index in [1.54, 1.807) is 24.0 Å². The van der Waals surface area contributed by atoms with E-state index in [1.165, 1.54) is 12.7 Å². The predicted molar refractivity (Wildman–Crippen MR) is 122 cm³/mol. The molecule has 6 atom stereocenters. The maximum atomic E-state index is 12.5. The van der Waals surface area contributed by atoms with Gasteiger partial charge >= 0.3 is 192 Å². The van der Waals surface area contributed by atoms with E-state index < -0.39 is 0 Å². The van der Waals surface area contributed by atoms with Crippen LogP contribution in [0.4, 0.5) is 0 Å². The van der Waals surface area contributed by atoms with Crippen molar-refractivity contribution in [3.8, 4) is 5.75 Å². The van der Waals surface area contributed by atoms with Crippen LogP contribution in [0.1, 0.15) is 36.4 Å².